The van der Waals surface area contributed by atoms with Crippen molar-refractivity contribution in [3.8, 4) is 5.69 Å². The normalized spacial score (nSPS) is 10.6. The molecule has 0 atom stereocenters. The summed E-state index contributed by atoms with van der Waals surface area (Å²) in [7, 11) is 0. The Labute approximate surface area is 106 Å². The van der Waals surface area contributed by atoms with Crippen molar-refractivity contribution in [2.45, 2.75) is 27.2 Å². The summed E-state index contributed by atoms with van der Waals surface area (Å²) in [4.78, 5) is 10.7. The first-order chi connectivity index (χ1) is 8.45. The topological polar surface area (TPSA) is 55.1 Å². The number of hydrogen-bond acceptors (Lipinski definition) is 2. The Morgan fingerprint density at radius 3 is 2.33 bits per heavy atom. The van der Waals surface area contributed by atoms with E-state index in [4.69, 9.17) is 5.11 Å². The van der Waals surface area contributed by atoms with E-state index < -0.39 is 5.97 Å². The summed E-state index contributed by atoms with van der Waals surface area (Å²) in [5.41, 5.74) is 4.83. The van der Waals surface area contributed by atoms with Gasteiger partial charge >= 0.3 is 5.97 Å². The van der Waals surface area contributed by atoms with Crippen molar-refractivity contribution in [2.24, 2.45) is 0 Å². The maximum atomic E-state index is 10.7. The number of hydrogen-bond donors (Lipinski definition) is 1. The molecule has 1 heterocycles. The molecule has 4 heteroatoms. The number of benzene rings is 1. The van der Waals surface area contributed by atoms with Crippen LogP contribution in [-0.2, 0) is 11.2 Å². The van der Waals surface area contributed by atoms with Gasteiger partial charge in [0.05, 0.1) is 17.8 Å². The van der Waals surface area contributed by atoms with Crippen molar-refractivity contribution in [3.05, 3.63) is 46.8 Å². The first-order valence-electron chi connectivity index (χ1n) is 5.82. The zero-order valence-electron chi connectivity index (χ0n) is 10.8. The van der Waals surface area contributed by atoms with Crippen LogP contribution in [0.15, 0.2) is 24.3 Å². The van der Waals surface area contributed by atoms with Gasteiger partial charge in [0.25, 0.3) is 0 Å². The van der Waals surface area contributed by atoms with Crippen molar-refractivity contribution >= 4 is 5.97 Å². The SMILES string of the molecule is Cc1cc(C)cc(-n2nc(CC(=O)O)cc2C)c1. The molecule has 0 spiro atoms. The van der Waals surface area contributed by atoms with E-state index in [2.05, 4.69) is 11.2 Å². The van der Waals surface area contributed by atoms with Gasteiger partial charge in [0.15, 0.2) is 0 Å². The number of rotatable bonds is 3. The molecule has 0 aliphatic rings. The highest BCUT2D eigenvalue weighted by atomic mass is 16.4. The van der Waals surface area contributed by atoms with E-state index >= 15 is 0 Å². The molecular weight excluding hydrogens is 228 g/mol. The summed E-state index contributed by atoms with van der Waals surface area (Å²) in [6.07, 6.45) is -0.0430. The van der Waals surface area contributed by atoms with Gasteiger partial charge in [-0.2, -0.15) is 5.10 Å². The Bertz CT molecular complexity index is 580. The Morgan fingerprint density at radius 2 is 1.78 bits per heavy atom. The second kappa shape index (κ2) is 4.64. The fourth-order valence-corrected chi connectivity index (χ4v) is 2.11. The molecule has 1 aromatic carbocycles. The second-order valence-electron chi connectivity index (χ2n) is 4.61. The number of carboxylic acid groups (broad SMARTS) is 1. The minimum Gasteiger partial charge on any atom is -0.481 e. The molecule has 0 saturated carbocycles. The van der Waals surface area contributed by atoms with Crippen LogP contribution in [-0.4, -0.2) is 20.9 Å². The van der Waals surface area contributed by atoms with Gasteiger partial charge in [0.2, 0.25) is 0 Å². The van der Waals surface area contributed by atoms with Gasteiger partial charge in [-0.15, -0.1) is 0 Å². The molecule has 0 aliphatic heterocycles. The third-order valence-corrected chi connectivity index (χ3v) is 2.72. The third kappa shape index (κ3) is 2.59. The van der Waals surface area contributed by atoms with Crippen LogP contribution in [0.1, 0.15) is 22.5 Å². The molecule has 1 N–H and O–H groups in total. The van der Waals surface area contributed by atoms with Crippen molar-refractivity contribution < 1.29 is 9.90 Å². The van der Waals surface area contributed by atoms with E-state index in [-0.39, 0.29) is 6.42 Å². The van der Waals surface area contributed by atoms with Crippen LogP contribution < -0.4 is 0 Å². The zero-order chi connectivity index (χ0) is 13.3. The molecule has 0 fully saturated rings. The monoisotopic (exact) mass is 244 g/mol. The highest BCUT2D eigenvalue weighted by Crippen LogP contribution is 2.16. The number of aromatic nitrogens is 2. The predicted molar refractivity (Wildman–Crippen MR) is 69.1 cm³/mol. The lowest BCUT2D eigenvalue weighted by Gasteiger charge is -2.07. The molecule has 0 saturated heterocycles. The molecular formula is C14H16N2O2. The van der Waals surface area contributed by atoms with Gasteiger partial charge in [-0.1, -0.05) is 6.07 Å². The molecule has 18 heavy (non-hydrogen) atoms. The smallest absolute Gasteiger partial charge is 0.309 e. The summed E-state index contributed by atoms with van der Waals surface area (Å²) < 4.78 is 1.79. The van der Waals surface area contributed by atoms with Gasteiger partial charge < -0.3 is 5.11 Å². The van der Waals surface area contributed by atoms with Crippen molar-refractivity contribution in [2.75, 3.05) is 0 Å². The summed E-state index contributed by atoms with van der Waals surface area (Å²) in [6.45, 7) is 6.00. The van der Waals surface area contributed by atoms with Crippen LogP contribution in [0.25, 0.3) is 5.69 Å². The van der Waals surface area contributed by atoms with Crippen LogP contribution >= 0.6 is 0 Å². The lowest BCUT2D eigenvalue weighted by molar-refractivity contribution is -0.136. The van der Waals surface area contributed by atoms with Crippen LogP contribution in [0, 0.1) is 20.8 Å². The Morgan fingerprint density at radius 1 is 1.17 bits per heavy atom. The summed E-state index contributed by atoms with van der Waals surface area (Å²) in [5, 5.41) is 13.1. The van der Waals surface area contributed by atoms with Crippen LogP contribution in [0.3, 0.4) is 0 Å². The second-order valence-corrected chi connectivity index (χ2v) is 4.61. The summed E-state index contributed by atoms with van der Waals surface area (Å²) >= 11 is 0. The Hall–Kier alpha value is -2.10. The molecule has 4 nitrogen and oxygen atoms in total. The van der Waals surface area contributed by atoms with E-state index in [9.17, 15) is 4.79 Å². The maximum absolute atomic E-state index is 10.7. The maximum Gasteiger partial charge on any atom is 0.309 e. The summed E-state index contributed by atoms with van der Waals surface area (Å²) in [6, 6.07) is 7.99. The Kier molecular flexibility index (Phi) is 3.19. The van der Waals surface area contributed by atoms with Gasteiger partial charge in [-0.25, -0.2) is 4.68 Å². The third-order valence-electron chi connectivity index (χ3n) is 2.72. The molecule has 2 rings (SSSR count). The zero-order valence-corrected chi connectivity index (χ0v) is 10.8. The molecule has 0 aliphatic carbocycles. The van der Waals surface area contributed by atoms with E-state index in [0.29, 0.717) is 5.69 Å². The standard InChI is InChI=1S/C14H16N2O2/c1-9-4-10(2)6-13(5-9)16-11(3)7-12(15-16)8-14(17)18/h4-7H,8H2,1-3H3,(H,17,18). The van der Waals surface area contributed by atoms with Gasteiger partial charge in [-0.3, -0.25) is 4.79 Å². The van der Waals surface area contributed by atoms with E-state index in [0.717, 1.165) is 11.4 Å². The van der Waals surface area contributed by atoms with E-state index in [1.165, 1.54) is 11.1 Å². The number of aryl methyl sites for hydroxylation is 3. The molecule has 1 aromatic heterocycles. The largest absolute Gasteiger partial charge is 0.481 e. The van der Waals surface area contributed by atoms with Crippen molar-refractivity contribution in [1.29, 1.82) is 0 Å². The van der Waals surface area contributed by atoms with E-state index in [1.54, 1.807) is 4.68 Å². The number of nitrogens with zero attached hydrogens (tertiary/aromatic N) is 2. The average molecular weight is 244 g/mol. The highest BCUT2D eigenvalue weighted by Gasteiger charge is 2.09. The van der Waals surface area contributed by atoms with Crippen LogP contribution in [0.4, 0.5) is 0 Å². The summed E-state index contributed by atoms with van der Waals surface area (Å²) in [5.74, 6) is -0.861. The highest BCUT2D eigenvalue weighted by molar-refractivity contribution is 5.69. The molecule has 0 radical (unpaired) electrons. The van der Waals surface area contributed by atoms with Crippen LogP contribution in [0.2, 0.25) is 0 Å². The fraction of sp³-hybridized carbons (Fsp3) is 0.286. The van der Waals surface area contributed by atoms with Crippen LogP contribution in [0.5, 0.6) is 0 Å². The van der Waals surface area contributed by atoms with Crippen molar-refractivity contribution in [1.82, 2.24) is 9.78 Å². The van der Waals surface area contributed by atoms with Crippen molar-refractivity contribution in [3.63, 3.8) is 0 Å². The number of aliphatic carboxylic acids is 1. The fourth-order valence-electron chi connectivity index (χ4n) is 2.11. The van der Waals surface area contributed by atoms with E-state index in [1.807, 2.05) is 39.0 Å². The molecule has 2 aromatic rings. The molecule has 0 bridgehead atoms. The van der Waals surface area contributed by atoms with Gasteiger partial charge in [0.1, 0.15) is 0 Å². The molecule has 94 valence electrons. The Balaban J connectivity index is 2.44. The minimum absolute atomic E-state index is 0.0430. The number of carbonyl (C=O) groups is 1. The minimum atomic E-state index is -0.861. The molecule has 0 unspecified atom stereocenters. The number of carboxylic acids is 1. The lowest BCUT2D eigenvalue weighted by Crippen LogP contribution is -2.03. The first kappa shape index (κ1) is 12.4. The lowest BCUT2D eigenvalue weighted by atomic mass is 10.1. The average Bonchev–Trinajstić information content (AvgIpc) is 2.56. The van der Waals surface area contributed by atoms with Gasteiger partial charge in [-0.05, 0) is 50.1 Å². The quantitative estimate of drug-likeness (QED) is 0.902. The molecule has 0 amide bonds. The van der Waals surface area contributed by atoms with Gasteiger partial charge in [0, 0.05) is 5.69 Å². The predicted octanol–water partition coefficient (Wildman–Crippen LogP) is 2.42. The first-order valence-corrected chi connectivity index (χ1v) is 5.82.